The molecule has 1 aliphatic heterocycles. The van der Waals surface area contributed by atoms with E-state index < -0.39 is 4.92 Å². The highest BCUT2D eigenvalue weighted by atomic mass is 16.6. The highest BCUT2D eigenvalue weighted by Gasteiger charge is 2.21. The summed E-state index contributed by atoms with van der Waals surface area (Å²) in [5.74, 6) is 0.680. The van der Waals surface area contributed by atoms with Crippen LogP contribution >= 0.6 is 0 Å². The zero-order valence-corrected chi connectivity index (χ0v) is 13.2. The van der Waals surface area contributed by atoms with E-state index in [9.17, 15) is 10.1 Å². The fraction of sp³-hybridized carbons (Fsp3) is 0.625. The fourth-order valence-corrected chi connectivity index (χ4v) is 2.76. The predicted molar refractivity (Wildman–Crippen MR) is 84.3 cm³/mol. The number of nitrogens with zero attached hydrogens (tertiary/aromatic N) is 2. The maximum absolute atomic E-state index is 10.6. The van der Waals surface area contributed by atoms with Crippen LogP contribution in [0.1, 0.15) is 26.7 Å². The van der Waals surface area contributed by atoms with E-state index in [4.69, 9.17) is 9.47 Å². The highest BCUT2D eigenvalue weighted by Crippen LogP contribution is 2.17. The average Bonchev–Trinajstić information content (AvgIpc) is 2.46. The van der Waals surface area contributed by atoms with Crippen LogP contribution in [-0.4, -0.2) is 48.3 Å². The lowest BCUT2D eigenvalue weighted by Gasteiger charge is -2.35. The Morgan fingerprint density at radius 2 is 1.86 bits per heavy atom. The molecule has 1 saturated heterocycles. The highest BCUT2D eigenvalue weighted by molar-refractivity contribution is 5.35. The number of non-ortho nitro benzene ring substituents is 1. The van der Waals surface area contributed by atoms with E-state index >= 15 is 0 Å². The molecule has 0 radical (unpaired) electrons. The van der Waals surface area contributed by atoms with Crippen molar-refractivity contribution in [3.8, 4) is 5.75 Å². The first-order valence-electron chi connectivity index (χ1n) is 7.79. The van der Waals surface area contributed by atoms with Gasteiger partial charge < -0.3 is 9.47 Å². The summed E-state index contributed by atoms with van der Waals surface area (Å²) in [4.78, 5) is 12.6. The Labute approximate surface area is 131 Å². The van der Waals surface area contributed by atoms with Gasteiger partial charge in [0.25, 0.3) is 5.69 Å². The summed E-state index contributed by atoms with van der Waals surface area (Å²) in [5, 5.41) is 10.6. The Hall–Kier alpha value is -1.66. The molecule has 1 fully saturated rings. The number of nitro benzene ring substituents is 1. The topological polar surface area (TPSA) is 64.8 Å². The Bertz CT molecular complexity index is 468. The molecule has 6 nitrogen and oxygen atoms in total. The summed E-state index contributed by atoms with van der Waals surface area (Å²) < 4.78 is 11.3. The molecule has 0 N–H and O–H groups in total. The van der Waals surface area contributed by atoms with Gasteiger partial charge in [-0.1, -0.05) is 0 Å². The molecule has 122 valence electrons. The van der Waals surface area contributed by atoms with E-state index in [2.05, 4.69) is 18.7 Å². The second kappa shape index (κ2) is 8.10. The summed E-state index contributed by atoms with van der Waals surface area (Å²) in [5.41, 5.74) is 0.0860. The first-order chi connectivity index (χ1) is 10.5. The largest absolute Gasteiger partial charge is 0.494 e. The van der Waals surface area contributed by atoms with E-state index in [1.165, 1.54) is 12.1 Å². The molecule has 6 heteroatoms. The van der Waals surface area contributed by atoms with Crippen LogP contribution in [0.25, 0.3) is 0 Å². The first kappa shape index (κ1) is 16.7. The van der Waals surface area contributed by atoms with E-state index in [0.29, 0.717) is 24.6 Å². The number of rotatable bonds is 7. The Balaban J connectivity index is 1.62. The average molecular weight is 308 g/mol. The zero-order chi connectivity index (χ0) is 15.9. The number of hydrogen-bond acceptors (Lipinski definition) is 5. The lowest BCUT2D eigenvalue weighted by Crippen LogP contribution is -2.45. The molecule has 0 saturated carbocycles. The standard InChI is InChI=1S/C16H24N2O4/c1-13-11-17(12-14(2)22-13)9-3-4-10-21-16-7-5-15(6-8-16)18(19)20/h5-8,13-14H,3-4,9-12H2,1-2H3. The van der Waals surface area contributed by atoms with E-state index in [0.717, 1.165) is 32.5 Å². The molecule has 1 aromatic rings. The third-order valence-corrected chi connectivity index (χ3v) is 3.68. The normalized spacial score (nSPS) is 22.5. The molecule has 0 bridgehead atoms. The molecule has 2 atom stereocenters. The molecular weight excluding hydrogens is 284 g/mol. The van der Waals surface area contributed by atoms with Gasteiger partial charge in [-0.3, -0.25) is 15.0 Å². The first-order valence-corrected chi connectivity index (χ1v) is 7.79. The van der Waals surface area contributed by atoms with Gasteiger partial charge in [0, 0.05) is 25.2 Å². The van der Waals surface area contributed by atoms with Crippen LogP contribution in [0, 0.1) is 10.1 Å². The summed E-state index contributed by atoms with van der Waals surface area (Å²) in [6, 6.07) is 6.21. The van der Waals surface area contributed by atoms with Crippen molar-refractivity contribution in [2.75, 3.05) is 26.2 Å². The molecule has 1 aliphatic rings. The Morgan fingerprint density at radius 1 is 1.23 bits per heavy atom. The van der Waals surface area contributed by atoms with Crippen molar-refractivity contribution in [1.82, 2.24) is 4.90 Å². The van der Waals surface area contributed by atoms with Gasteiger partial charge in [0.2, 0.25) is 0 Å². The minimum atomic E-state index is -0.409. The van der Waals surface area contributed by atoms with Crippen LogP contribution in [0.15, 0.2) is 24.3 Å². The van der Waals surface area contributed by atoms with Crippen LogP contribution in [-0.2, 0) is 4.74 Å². The van der Waals surface area contributed by atoms with Gasteiger partial charge >= 0.3 is 0 Å². The SMILES string of the molecule is CC1CN(CCCCOc2ccc([N+](=O)[O-])cc2)CC(C)O1. The minimum Gasteiger partial charge on any atom is -0.494 e. The van der Waals surface area contributed by atoms with Crippen LogP contribution in [0.3, 0.4) is 0 Å². The van der Waals surface area contributed by atoms with Crippen molar-refractivity contribution in [2.45, 2.75) is 38.9 Å². The lowest BCUT2D eigenvalue weighted by molar-refractivity contribution is -0.384. The monoisotopic (exact) mass is 308 g/mol. The molecule has 2 rings (SSSR count). The zero-order valence-electron chi connectivity index (χ0n) is 13.2. The molecule has 1 aromatic carbocycles. The van der Waals surface area contributed by atoms with Crippen LogP contribution in [0.5, 0.6) is 5.75 Å². The van der Waals surface area contributed by atoms with Gasteiger partial charge in [0.15, 0.2) is 0 Å². The summed E-state index contributed by atoms with van der Waals surface area (Å²) >= 11 is 0. The summed E-state index contributed by atoms with van der Waals surface area (Å²) in [6.07, 6.45) is 2.66. The van der Waals surface area contributed by atoms with Crippen LogP contribution in [0.2, 0.25) is 0 Å². The Morgan fingerprint density at radius 3 is 2.45 bits per heavy atom. The fourth-order valence-electron chi connectivity index (χ4n) is 2.76. The molecule has 0 amide bonds. The third kappa shape index (κ3) is 5.27. The molecule has 1 heterocycles. The molecule has 0 spiro atoms. The molecule has 0 aromatic heterocycles. The second-order valence-corrected chi connectivity index (χ2v) is 5.82. The van der Waals surface area contributed by atoms with Crippen molar-refractivity contribution in [3.05, 3.63) is 34.4 Å². The van der Waals surface area contributed by atoms with Gasteiger partial charge in [-0.2, -0.15) is 0 Å². The van der Waals surface area contributed by atoms with E-state index in [1.807, 2.05) is 0 Å². The second-order valence-electron chi connectivity index (χ2n) is 5.82. The maximum atomic E-state index is 10.6. The van der Waals surface area contributed by atoms with E-state index in [-0.39, 0.29) is 5.69 Å². The minimum absolute atomic E-state index is 0.0860. The number of hydrogen-bond donors (Lipinski definition) is 0. The number of nitro groups is 1. The van der Waals surface area contributed by atoms with Crippen molar-refractivity contribution in [2.24, 2.45) is 0 Å². The van der Waals surface area contributed by atoms with Crippen molar-refractivity contribution in [3.63, 3.8) is 0 Å². The van der Waals surface area contributed by atoms with Gasteiger partial charge in [-0.25, -0.2) is 0 Å². The number of morpholine rings is 1. The predicted octanol–water partition coefficient (Wildman–Crippen LogP) is 2.86. The van der Waals surface area contributed by atoms with Gasteiger partial charge in [-0.15, -0.1) is 0 Å². The lowest BCUT2D eigenvalue weighted by atomic mass is 10.2. The maximum Gasteiger partial charge on any atom is 0.269 e. The van der Waals surface area contributed by atoms with Crippen molar-refractivity contribution < 1.29 is 14.4 Å². The molecule has 0 aliphatic carbocycles. The van der Waals surface area contributed by atoms with E-state index in [1.54, 1.807) is 12.1 Å². The third-order valence-electron chi connectivity index (χ3n) is 3.68. The quantitative estimate of drug-likeness (QED) is 0.440. The number of unbranched alkanes of at least 4 members (excludes halogenated alkanes) is 1. The Kier molecular flexibility index (Phi) is 6.15. The van der Waals surface area contributed by atoms with Crippen molar-refractivity contribution in [1.29, 1.82) is 0 Å². The molecule has 2 unspecified atom stereocenters. The van der Waals surface area contributed by atoms with Crippen LogP contribution in [0.4, 0.5) is 5.69 Å². The molecular formula is C16H24N2O4. The van der Waals surface area contributed by atoms with Gasteiger partial charge in [-0.05, 0) is 45.4 Å². The number of benzene rings is 1. The smallest absolute Gasteiger partial charge is 0.269 e. The van der Waals surface area contributed by atoms with Crippen molar-refractivity contribution >= 4 is 5.69 Å². The summed E-state index contributed by atoms with van der Waals surface area (Å²) in [6.45, 7) is 7.90. The summed E-state index contributed by atoms with van der Waals surface area (Å²) in [7, 11) is 0. The van der Waals surface area contributed by atoms with Crippen LogP contribution < -0.4 is 4.74 Å². The number of ether oxygens (including phenoxy) is 2. The molecule has 22 heavy (non-hydrogen) atoms. The van der Waals surface area contributed by atoms with Gasteiger partial charge in [0.1, 0.15) is 5.75 Å². The van der Waals surface area contributed by atoms with Gasteiger partial charge in [0.05, 0.1) is 23.7 Å².